The summed E-state index contributed by atoms with van der Waals surface area (Å²) in [7, 11) is 3.12. The fourth-order valence-corrected chi connectivity index (χ4v) is 2.17. The third-order valence-corrected chi connectivity index (χ3v) is 3.69. The molecule has 0 saturated heterocycles. The Morgan fingerprint density at radius 3 is 1.95 bits per heavy atom. The number of halogens is 2. The van der Waals surface area contributed by atoms with E-state index >= 15 is 0 Å². The maximum absolute atomic E-state index is 10.4. The topological polar surface area (TPSA) is 38.7 Å². The minimum Gasteiger partial charge on any atom is -0.497 e. The van der Waals surface area contributed by atoms with Crippen LogP contribution in [0.15, 0.2) is 36.4 Å². The molecule has 20 heavy (non-hydrogen) atoms. The van der Waals surface area contributed by atoms with Crippen molar-refractivity contribution >= 4 is 23.2 Å². The maximum atomic E-state index is 10.4. The van der Waals surface area contributed by atoms with E-state index in [0.29, 0.717) is 32.7 Å². The molecule has 0 aliphatic carbocycles. The zero-order valence-electron chi connectivity index (χ0n) is 11.1. The SMILES string of the molecule is COc1cc(OC)cc(C(O)c2ccc(Cl)c(Cl)c2)c1. The summed E-state index contributed by atoms with van der Waals surface area (Å²) in [5.74, 6) is 1.22. The molecule has 1 atom stereocenters. The third kappa shape index (κ3) is 3.18. The first-order chi connectivity index (χ1) is 9.55. The van der Waals surface area contributed by atoms with Crippen molar-refractivity contribution in [1.82, 2.24) is 0 Å². The molecule has 1 unspecified atom stereocenters. The fraction of sp³-hybridized carbons (Fsp3) is 0.200. The molecule has 0 saturated carbocycles. The van der Waals surface area contributed by atoms with E-state index in [1.807, 2.05) is 0 Å². The third-order valence-electron chi connectivity index (χ3n) is 2.95. The van der Waals surface area contributed by atoms with Crippen LogP contribution in [0.3, 0.4) is 0 Å². The van der Waals surface area contributed by atoms with Crippen LogP contribution in [0.2, 0.25) is 10.0 Å². The van der Waals surface area contributed by atoms with Gasteiger partial charge in [-0.15, -0.1) is 0 Å². The van der Waals surface area contributed by atoms with Gasteiger partial charge < -0.3 is 14.6 Å². The van der Waals surface area contributed by atoms with E-state index < -0.39 is 6.10 Å². The van der Waals surface area contributed by atoms with E-state index in [1.54, 1.807) is 50.6 Å². The van der Waals surface area contributed by atoms with Crippen molar-refractivity contribution < 1.29 is 14.6 Å². The van der Waals surface area contributed by atoms with Gasteiger partial charge in [-0.2, -0.15) is 0 Å². The van der Waals surface area contributed by atoms with Crippen LogP contribution in [0.5, 0.6) is 11.5 Å². The number of ether oxygens (including phenoxy) is 2. The van der Waals surface area contributed by atoms with Gasteiger partial charge in [-0.3, -0.25) is 0 Å². The largest absolute Gasteiger partial charge is 0.497 e. The molecule has 0 amide bonds. The summed E-state index contributed by atoms with van der Waals surface area (Å²) in [6, 6.07) is 10.3. The number of rotatable bonds is 4. The lowest BCUT2D eigenvalue weighted by Crippen LogP contribution is -2.01. The summed E-state index contributed by atoms with van der Waals surface area (Å²) in [6.45, 7) is 0. The van der Waals surface area contributed by atoms with Gasteiger partial charge in [0.05, 0.1) is 24.3 Å². The molecule has 5 heteroatoms. The summed E-state index contributed by atoms with van der Waals surface area (Å²) in [4.78, 5) is 0. The standard InChI is InChI=1S/C15H14Cl2O3/c1-19-11-5-10(6-12(8-11)20-2)15(18)9-3-4-13(16)14(17)7-9/h3-8,15,18H,1-2H3. The molecule has 2 rings (SSSR count). The van der Waals surface area contributed by atoms with Crippen LogP contribution in [0, 0.1) is 0 Å². The predicted octanol–water partition coefficient (Wildman–Crippen LogP) is 4.09. The number of aliphatic hydroxyl groups is 1. The Morgan fingerprint density at radius 2 is 1.45 bits per heavy atom. The lowest BCUT2D eigenvalue weighted by atomic mass is 10.0. The van der Waals surface area contributed by atoms with Crippen LogP contribution in [0.1, 0.15) is 17.2 Å². The Kier molecular flexibility index (Phi) is 4.76. The summed E-state index contributed by atoms with van der Waals surface area (Å²) in [6.07, 6.45) is -0.839. The highest BCUT2D eigenvalue weighted by atomic mass is 35.5. The van der Waals surface area contributed by atoms with E-state index in [0.717, 1.165) is 0 Å². The van der Waals surface area contributed by atoms with Crippen LogP contribution in [-0.4, -0.2) is 19.3 Å². The first-order valence-electron chi connectivity index (χ1n) is 5.91. The number of hydrogen-bond donors (Lipinski definition) is 1. The second-order valence-electron chi connectivity index (χ2n) is 4.22. The number of benzene rings is 2. The highest BCUT2D eigenvalue weighted by Crippen LogP contribution is 2.32. The molecule has 0 aliphatic heterocycles. The van der Waals surface area contributed by atoms with Crippen LogP contribution in [0.25, 0.3) is 0 Å². The molecular formula is C15H14Cl2O3. The number of hydrogen-bond acceptors (Lipinski definition) is 3. The molecule has 0 radical (unpaired) electrons. The fourth-order valence-electron chi connectivity index (χ4n) is 1.86. The van der Waals surface area contributed by atoms with Crippen LogP contribution in [0.4, 0.5) is 0 Å². The maximum Gasteiger partial charge on any atom is 0.122 e. The molecule has 0 aromatic heterocycles. The molecule has 0 heterocycles. The Labute approximate surface area is 127 Å². The Bertz CT molecular complexity index is 592. The van der Waals surface area contributed by atoms with Gasteiger partial charge >= 0.3 is 0 Å². The summed E-state index contributed by atoms with van der Waals surface area (Å²) in [5.41, 5.74) is 1.30. The van der Waals surface area contributed by atoms with Gasteiger partial charge in [0.15, 0.2) is 0 Å². The Morgan fingerprint density at radius 1 is 0.850 bits per heavy atom. The van der Waals surface area contributed by atoms with Crippen molar-refractivity contribution in [2.45, 2.75) is 6.10 Å². The van der Waals surface area contributed by atoms with Crippen molar-refractivity contribution in [3.8, 4) is 11.5 Å². The smallest absolute Gasteiger partial charge is 0.122 e. The first kappa shape index (κ1) is 15.0. The Balaban J connectivity index is 2.41. The second kappa shape index (κ2) is 6.35. The van der Waals surface area contributed by atoms with Crippen LogP contribution >= 0.6 is 23.2 Å². The predicted molar refractivity (Wildman–Crippen MR) is 80.1 cm³/mol. The molecule has 0 spiro atoms. The van der Waals surface area contributed by atoms with Crippen LogP contribution in [-0.2, 0) is 0 Å². The lowest BCUT2D eigenvalue weighted by Gasteiger charge is -2.15. The minimum atomic E-state index is -0.839. The number of aliphatic hydroxyl groups excluding tert-OH is 1. The first-order valence-corrected chi connectivity index (χ1v) is 6.66. The van der Waals surface area contributed by atoms with Gasteiger partial charge in [0.2, 0.25) is 0 Å². The summed E-state index contributed by atoms with van der Waals surface area (Å²) in [5, 5.41) is 11.3. The van der Waals surface area contributed by atoms with Gasteiger partial charge in [0, 0.05) is 6.07 Å². The van der Waals surface area contributed by atoms with Gasteiger partial charge in [0.25, 0.3) is 0 Å². The average molecular weight is 313 g/mol. The monoisotopic (exact) mass is 312 g/mol. The Hall–Kier alpha value is -1.42. The van der Waals surface area contributed by atoms with Gasteiger partial charge in [0.1, 0.15) is 17.6 Å². The lowest BCUT2D eigenvalue weighted by molar-refractivity contribution is 0.219. The zero-order chi connectivity index (χ0) is 14.7. The van der Waals surface area contributed by atoms with Crippen molar-refractivity contribution in [3.05, 3.63) is 57.6 Å². The molecule has 2 aromatic rings. The number of methoxy groups -OCH3 is 2. The van der Waals surface area contributed by atoms with Crippen molar-refractivity contribution in [1.29, 1.82) is 0 Å². The molecule has 0 aliphatic rings. The second-order valence-corrected chi connectivity index (χ2v) is 5.04. The molecule has 2 aromatic carbocycles. The van der Waals surface area contributed by atoms with Gasteiger partial charge in [-0.1, -0.05) is 29.3 Å². The molecule has 3 nitrogen and oxygen atoms in total. The zero-order valence-corrected chi connectivity index (χ0v) is 12.6. The normalized spacial score (nSPS) is 12.1. The van der Waals surface area contributed by atoms with Crippen molar-refractivity contribution in [3.63, 3.8) is 0 Å². The van der Waals surface area contributed by atoms with E-state index in [1.165, 1.54) is 0 Å². The van der Waals surface area contributed by atoms with Crippen molar-refractivity contribution in [2.75, 3.05) is 14.2 Å². The minimum absolute atomic E-state index is 0.401. The summed E-state index contributed by atoms with van der Waals surface area (Å²) < 4.78 is 10.4. The van der Waals surface area contributed by atoms with E-state index in [4.69, 9.17) is 32.7 Å². The summed E-state index contributed by atoms with van der Waals surface area (Å²) >= 11 is 11.8. The molecule has 1 N–H and O–H groups in total. The van der Waals surface area contributed by atoms with Crippen molar-refractivity contribution in [2.24, 2.45) is 0 Å². The highest BCUT2D eigenvalue weighted by molar-refractivity contribution is 6.42. The molecule has 0 bridgehead atoms. The van der Waals surface area contributed by atoms with Crippen LogP contribution < -0.4 is 9.47 Å². The van der Waals surface area contributed by atoms with Gasteiger partial charge in [-0.05, 0) is 35.4 Å². The molecular weight excluding hydrogens is 299 g/mol. The van der Waals surface area contributed by atoms with E-state index in [2.05, 4.69) is 0 Å². The van der Waals surface area contributed by atoms with Gasteiger partial charge in [-0.25, -0.2) is 0 Å². The average Bonchev–Trinajstić information content (AvgIpc) is 2.48. The molecule has 0 fully saturated rings. The highest BCUT2D eigenvalue weighted by Gasteiger charge is 2.14. The van der Waals surface area contributed by atoms with E-state index in [9.17, 15) is 5.11 Å². The van der Waals surface area contributed by atoms with E-state index in [-0.39, 0.29) is 0 Å². The molecule has 106 valence electrons. The quantitative estimate of drug-likeness (QED) is 0.924.